The maximum absolute atomic E-state index is 5.47. The van der Waals surface area contributed by atoms with Gasteiger partial charge in [-0.1, -0.05) is 0 Å². The molecule has 3 heteroatoms. The van der Waals surface area contributed by atoms with Gasteiger partial charge < -0.3 is 4.74 Å². The molecule has 13 heavy (non-hydrogen) atoms. The molecule has 1 aromatic heterocycles. The van der Waals surface area contributed by atoms with E-state index in [0.29, 0.717) is 6.01 Å². The fourth-order valence-electron chi connectivity index (χ4n) is 1.24. The molecular weight excluding hydrogens is 164 g/mol. The molecule has 0 unspecified atom stereocenters. The highest BCUT2D eigenvalue weighted by Crippen LogP contribution is 2.28. The summed E-state index contributed by atoms with van der Waals surface area (Å²) >= 11 is 0. The number of aryl methyl sites for hydroxylation is 2. The predicted molar refractivity (Wildman–Crippen MR) is 49.7 cm³/mol. The van der Waals surface area contributed by atoms with E-state index in [4.69, 9.17) is 4.74 Å². The van der Waals surface area contributed by atoms with Crippen LogP contribution >= 0.6 is 0 Å². The van der Waals surface area contributed by atoms with Crippen molar-refractivity contribution in [1.29, 1.82) is 0 Å². The van der Waals surface area contributed by atoms with Crippen LogP contribution in [0, 0.1) is 19.8 Å². The third-order valence-corrected chi connectivity index (χ3v) is 2.11. The van der Waals surface area contributed by atoms with Crippen molar-refractivity contribution in [3.05, 3.63) is 17.5 Å². The van der Waals surface area contributed by atoms with Gasteiger partial charge >= 0.3 is 6.01 Å². The summed E-state index contributed by atoms with van der Waals surface area (Å²) in [7, 11) is 0. The van der Waals surface area contributed by atoms with Crippen LogP contribution in [0.2, 0.25) is 0 Å². The van der Waals surface area contributed by atoms with E-state index < -0.39 is 0 Å². The minimum absolute atomic E-state index is 0.532. The Labute approximate surface area is 78.2 Å². The summed E-state index contributed by atoms with van der Waals surface area (Å²) in [5.74, 6) is 0.754. The first-order chi connectivity index (χ1) is 6.24. The molecule has 0 bridgehead atoms. The summed E-state index contributed by atoms with van der Waals surface area (Å²) in [4.78, 5) is 8.40. The molecule has 1 heterocycles. The van der Waals surface area contributed by atoms with E-state index in [9.17, 15) is 0 Å². The number of ether oxygens (including phenoxy) is 1. The first kappa shape index (κ1) is 8.48. The van der Waals surface area contributed by atoms with Gasteiger partial charge in [-0.25, -0.2) is 9.97 Å². The SMILES string of the molecule is Cc1cc(C)nc(OCC2CC2)n1. The maximum atomic E-state index is 5.47. The van der Waals surface area contributed by atoms with E-state index >= 15 is 0 Å². The van der Waals surface area contributed by atoms with Crippen LogP contribution in [-0.2, 0) is 0 Å². The third-order valence-electron chi connectivity index (χ3n) is 2.11. The summed E-state index contributed by atoms with van der Waals surface area (Å²) in [5.41, 5.74) is 1.94. The van der Waals surface area contributed by atoms with Crippen LogP contribution in [0.1, 0.15) is 24.2 Å². The van der Waals surface area contributed by atoms with Crippen molar-refractivity contribution in [3.63, 3.8) is 0 Å². The maximum Gasteiger partial charge on any atom is 0.316 e. The summed E-state index contributed by atoms with van der Waals surface area (Å²) in [6.45, 7) is 4.69. The molecule has 3 nitrogen and oxygen atoms in total. The molecule has 0 atom stereocenters. The van der Waals surface area contributed by atoms with E-state index in [1.54, 1.807) is 0 Å². The Morgan fingerprint density at radius 1 is 1.31 bits per heavy atom. The average Bonchev–Trinajstić information content (AvgIpc) is 2.81. The molecular formula is C10H14N2O. The molecule has 0 aliphatic heterocycles. The fourth-order valence-corrected chi connectivity index (χ4v) is 1.24. The Kier molecular flexibility index (Phi) is 2.17. The fraction of sp³-hybridized carbons (Fsp3) is 0.600. The van der Waals surface area contributed by atoms with Gasteiger partial charge in [0.25, 0.3) is 0 Å². The third kappa shape index (κ3) is 2.41. The lowest BCUT2D eigenvalue weighted by molar-refractivity contribution is 0.275. The first-order valence-corrected chi connectivity index (χ1v) is 4.69. The highest BCUT2D eigenvalue weighted by molar-refractivity contribution is 5.11. The van der Waals surface area contributed by atoms with E-state index in [1.807, 2.05) is 19.9 Å². The largest absolute Gasteiger partial charge is 0.463 e. The Bertz CT molecular complexity index is 288. The second-order valence-corrected chi connectivity index (χ2v) is 3.69. The van der Waals surface area contributed by atoms with Crippen LogP contribution in [0.5, 0.6) is 6.01 Å². The van der Waals surface area contributed by atoms with E-state index in [-0.39, 0.29) is 0 Å². The number of aromatic nitrogens is 2. The molecule has 1 fully saturated rings. The molecule has 0 amide bonds. The van der Waals surface area contributed by atoms with Gasteiger partial charge in [-0.3, -0.25) is 0 Å². The zero-order valence-electron chi connectivity index (χ0n) is 8.08. The van der Waals surface area contributed by atoms with Gasteiger partial charge in [0, 0.05) is 11.4 Å². The molecule has 1 aliphatic rings. The van der Waals surface area contributed by atoms with Crippen LogP contribution < -0.4 is 4.74 Å². The molecule has 0 radical (unpaired) electrons. The molecule has 0 spiro atoms. The van der Waals surface area contributed by atoms with Crippen LogP contribution in [0.4, 0.5) is 0 Å². The normalized spacial score (nSPS) is 15.8. The second-order valence-electron chi connectivity index (χ2n) is 3.69. The molecule has 70 valence electrons. The lowest BCUT2D eigenvalue weighted by Crippen LogP contribution is -2.04. The van der Waals surface area contributed by atoms with Crippen LogP contribution in [-0.4, -0.2) is 16.6 Å². The Morgan fingerprint density at radius 2 is 1.92 bits per heavy atom. The minimum atomic E-state index is 0.532. The zero-order valence-corrected chi connectivity index (χ0v) is 8.08. The molecule has 0 saturated heterocycles. The van der Waals surface area contributed by atoms with Crippen molar-refractivity contribution < 1.29 is 4.74 Å². The Hall–Kier alpha value is -1.12. The topological polar surface area (TPSA) is 35.0 Å². The van der Waals surface area contributed by atoms with Crippen LogP contribution in [0.3, 0.4) is 0 Å². The molecule has 0 aromatic carbocycles. The van der Waals surface area contributed by atoms with Crippen molar-refractivity contribution in [2.75, 3.05) is 6.61 Å². The lowest BCUT2D eigenvalue weighted by Gasteiger charge is -2.04. The first-order valence-electron chi connectivity index (χ1n) is 4.69. The van der Waals surface area contributed by atoms with Crippen LogP contribution in [0.25, 0.3) is 0 Å². The zero-order chi connectivity index (χ0) is 9.26. The summed E-state index contributed by atoms with van der Waals surface area (Å²) in [6.07, 6.45) is 2.59. The van der Waals surface area contributed by atoms with E-state index in [1.165, 1.54) is 12.8 Å². The van der Waals surface area contributed by atoms with Crippen molar-refractivity contribution in [3.8, 4) is 6.01 Å². The van der Waals surface area contributed by atoms with Gasteiger partial charge in [0.2, 0.25) is 0 Å². The van der Waals surface area contributed by atoms with E-state index in [2.05, 4.69) is 9.97 Å². The average molecular weight is 178 g/mol. The van der Waals surface area contributed by atoms with Crippen molar-refractivity contribution in [2.45, 2.75) is 26.7 Å². The molecule has 2 rings (SSSR count). The van der Waals surface area contributed by atoms with Gasteiger partial charge in [0.05, 0.1) is 6.61 Å². The minimum Gasteiger partial charge on any atom is -0.463 e. The summed E-state index contributed by atoms with van der Waals surface area (Å²) in [5, 5.41) is 0. The quantitative estimate of drug-likeness (QED) is 0.708. The highest BCUT2D eigenvalue weighted by atomic mass is 16.5. The van der Waals surface area contributed by atoms with Crippen LogP contribution in [0.15, 0.2) is 6.07 Å². The van der Waals surface area contributed by atoms with Crippen molar-refractivity contribution in [2.24, 2.45) is 5.92 Å². The number of hydrogen-bond acceptors (Lipinski definition) is 3. The van der Waals surface area contributed by atoms with Gasteiger partial charge in [-0.05, 0) is 38.7 Å². The molecule has 0 N–H and O–H groups in total. The summed E-state index contributed by atoms with van der Waals surface area (Å²) in [6, 6.07) is 2.48. The molecule has 1 saturated carbocycles. The number of rotatable bonds is 3. The lowest BCUT2D eigenvalue weighted by atomic mass is 10.4. The van der Waals surface area contributed by atoms with Gasteiger partial charge in [0.15, 0.2) is 0 Å². The van der Waals surface area contributed by atoms with Gasteiger partial charge in [-0.15, -0.1) is 0 Å². The Morgan fingerprint density at radius 3 is 2.46 bits per heavy atom. The molecule has 1 aliphatic carbocycles. The smallest absolute Gasteiger partial charge is 0.316 e. The number of nitrogens with zero attached hydrogens (tertiary/aromatic N) is 2. The van der Waals surface area contributed by atoms with E-state index in [0.717, 1.165) is 23.9 Å². The predicted octanol–water partition coefficient (Wildman–Crippen LogP) is 1.88. The summed E-state index contributed by atoms with van der Waals surface area (Å²) < 4.78 is 5.47. The van der Waals surface area contributed by atoms with Gasteiger partial charge in [-0.2, -0.15) is 0 Å². The van der Waals surface area contributed by atoms with Crippen molar-refractivity contribution >= 4 is 0 Å². The monoisotopic (exact) mass is 178 g/mol. The van der Waals surface area contributed by atoms with Crippen molar-refractivity contribution in [1.82, 2.24) is 9.97 Å². The highest BCUT2D eigenvalue weighted by Gasteiger charge is 2.22. The number of hydrogen-bond donors (Lipinski definition) is 0. The van der Waals surface area contributed by atoms with Gasteiger partial charge in [0.1, 0.15) is 0 Å². The second kappa shape index (κ2) is 3.32. The standard InChI is InChI=1S/C10H14N2O/c1-7-5-8(2)12-10(11-7)13-6-9-3-4-9/h5,9H,3-4,6H2,1-2H3. The Balaban J connectivity index is 2.01. The molecule has 1 aromatic rings.